The van der Waals surface area contributed by atoms with Crippen molar-refractivity contribution in [3.8, 4) is 0 Å². The fourth-order valence-electron chi connectivity index (χ4n) is 3.45. The summed E-state index contributed by atoms with van der Waals surface area (Å²) in [6, 6.07) is 19.8. The van der Waals surface area contributed by atoms with Gasteiger partial charge in [0.15, 0.2) is 0 Å². The predicted octanol–water partition coefficient (Wildman–Crippen LogP) is 4.59. The van der Waals surface area contributed by atoms with Crippen molar-refractivity contribution in [2.24, 2.45) is 0 Å². The van der Waals surface area contributed by atoms with E-state index in [1.807, 2.05) is 88.4 Å². The zero-order chi connectivity index (χ0) is 18.6. The molecule has 0 amide bonds. The molecule has 4 nitrogen and oxygen atoms in total. The van der Waals surface area contributed by atoms with E-state index in [0.717, 1.165) is 11.1 Å². The molecule has 1 fully saturated rings. The van der Waals surface area contributed by atoms with Gasteiger partial charge in [0, 0.05) is 11.1 Å². The molecule has 0 radical (unpaired) electrons. The van der Waals surface area contributed by atoms with Gasteiger partial charge in [-0.05, 0) is 27.7 Å². The lowest BCUT2D eigenvalue weighted by molar-refractivity contribution is -0.468. The normalized spacial score (nSPS) is 26.4. The largest absolute Gasteiger partial charge is 0.339 e. The summed E-state index contributed by atoms with van der Waals surface area (Å²) in [7, 11) is 0. The molecule has 1 heterocycles. The lowest BCUT2D eigenvalue weighted by Gasteiger charge is -2.52. The molecule has 0 bridgehead atoms. The van der Waals surface area contributed by atoms with E-state index in [9.17, 15) is 0 Å². The van der Waals surface area contributed by atoms with Gasteiger partial charge in [-0.25, -0.2) is 0 Å². The summed E-state index contributed by atoms with van der Waals surface area (Å²) >= 11 is 0. The average molecular weight is 356 g/mol. The molecule has 1 aliphatic rings. The fourth-order valence-corrected chi connectivity index (χ4v) is 3.45. The minimum Gasteiger partial charge on any atom is -0.339 e. The molecular weight excluding hydrogens is 328 g/mol. The predicted molar refractivity (Wildman–Crippen MR) is 101 cm³/mol. The summed E-state index contributed by atoms with van der Waals surface area (Å²) in [5, 5.41) is 0. The second-order valence-electron chi connectivity index (χ2n) is 7.00. The van der Waals surface area contributed by atoms with Crippen LogP contribution in [0.4, 0.5) is 0 Å². The smallest absolute Gasteiger partial charge is 0.256 e. The molecule has 0 N–H and O–H groups in total. The van der Waals surface area contributed by atoms with E-state index >= 15 is 0 Å². The quantitative estimate of drug-likeness (QED) is 0.759. The first-order valence-corrected chi connectivity index (χ1v) is 9.25. The van der Waals surface area contributed by atoms with Crippen molar-refractivity contribution in [3.63, 3.8) is 0 Å². The molecule has 0 saturated carbocycles. The molecule has 2 atom stereocenters. The van der Waals surface area contributed by atoms with Gasteiger partial charge in [-0.15, -0.1) is 0 Å². The molecule has 26 heavy (non-hydrogen) atoms. The van der Waals surface area contributed by atoms with Gasteiger partial charge in [0.05, 0.1) is 25.4 Å². The van der Waals surface area contributed by atoms with Gasteiger partial charge in [0.25, 0.3) is 11.6 Å². The Morgan fingerprint density at radius 2 is 1.00 bits per heavy atom. The Balaban J connectivity index is 2.26. The minimum absolute atomic E-state index is 0.0873. The molecule has 1 aliphatic heterocycles. The van der Waals surface area contributed by atoms with Crippen LogP contribution in [-0.2, 0) is 30.5 Å². The van der Waals surface area contributed by atoms with Crippen molar-refractivity contribution in [1.82, 2.24) is 0 Å². The molecule has 2 aromatic rings. The number of ether oxygens (including phenoxy) is 4. The first-order valence-electron chi connectivity index (χ1n) is 9.25. The zero-order valence-corrected chi connectivity index (χ0v) is 16.0. The molecule has 0 aliphatic carbocycles. The fraction of sp³-hybridized carbons (Fsp3) is 0.455. The molecule has 2 aromatic carbocycles. The van der Waals surface area contributed by atoms with E-state index < -0.39 is 11.6 Å². The van der Waals surface area contributed by atoms with Crippen LogP contribution in [0.1, 0.15) is 38.8 Å². The van der Waals surface area contributed by atoms with Crippen molar-refractivity contribution in [3.05, 3.63) is 71.8 Å². The Kier molecular flexibility index (Phi) is 5.78. The van der Waals surface area contributed by atoms with Crippen LogP contribution in [0.2, 0.25) is 0 Å². The van der Waals surface area contributed by atoms with Gasteiger partial charge in [0.1, 0.15) is 0 Å². The minimum atomic E-state index is -1.20. The molecule has 0 unspecified atom stereocenters. The summed E-state index contributed by atoms with van der Waals surface area (Å²) in [6.07, 6.45) is -0.175. The zero-order valence-electron chi connectivity index (χ0n) is 16.0. The van der Waals surface area contributed by atoms with Crippen LogP contribution < -0.4 is 0 Å². The molecule has 1 saturated heterocycles. The standard InChI is InChI=1S/C22H28O4/c1-17(2)25-21(19-11-7-5-8-12-19)22(26-18(3)4,24-16-15-23-21)20-13-9-6-10-14-20/h5-14,17-18H,15-16H2,1-4H3/t21-,22-/m0/s1. The summed E-state index contributed by atoms with van der Waals surface area (Å²) in [6.45, 7) is 8.83. The van der Waals surface area contributed by atoms with Gasteiger partial charge in [-0.2, -0.15) is 0 Å². The van der Waals surface area contributed by atoms with Crippen LogP contribution in [0.25, 0.3) is 0 Å². The molecule has 3 rings (SSSR count). The van der Waals surface area contributed by atoms with Gasteiger partial charge >= 0.3 is 0 Å². The second-order valence-corrected chi connectivity index (χ2v) is 7.00. The maximum absolute atomic E-state index is 6.46. The number of hydrogen-bond acceptors (Lipinski definition) is 4. The van der Waals surface area contributed by atoms with Crippen molar-refractivity contribution in [2.45, 2.75) is 51.5 Å². The van der Waals surface area contributed by atoms with Crippen LogP contribution in [0, 0.1) is 0 Å². The third-order valence-corrected chi connectivity index (χ3v) is 4.24. The monoisotopic (exact) mass is 356 g/mol. The van der Waals surface area contributed by atoms with E-state index in [1.165, 1.54) is 0 Å². The maximum atomic E-state index is 6.46. The second kappa shape index (κ2) is 7.89. The third kappa shape index (κ3) is 3.42. The molecule has 140 valence electrons. The van der Waals surface area contributed by atoms with Gasteiger partial charge in [0.2, 0.25) is 0 Å². The lowest BCUT2D eigenvalue weighted by Crippen LogP contribution is -2.61. The number of rotatable bonds is 6. The highest BCUT2D eigenvalue weighted by Crippen LogP contribution is 2.51. The van der Waals surface area contributed by atoms with Crippen molar-refractivity contribution < 1.29 is 18.9 Å². The maximum Gasteiger partial charge on any atom is 0.256 e. The Bertz CT molecular complexity index is 624. The van der Waals surface area contributed by atoms with E-state index in [-0.39, 0.29) is 12.2 Å². The third-order valence-electron chi connectivity index (χ3n) is 4.24. The van der Waals surface area contributed by atoms with Crippen LogP contribution in [0.5, 0.6) is 0 Å². The summed E-state index contributed by atoms with van der Waals surface area (Å²) < 4.78 is 25.7. The molecule has 0 aromatic heterocycles. The topological polar surface area (TPSA) is 36.9 Å². The Labute approximate surface area is 156 Å². The van der Waals surface area contributed by atoms with Crippen molar-refractivity contribution in [2.75, 3.05) is 13.2 Å². The number of hydrogen-bond donors (Lipinski definition) is 0. The van der Waals surface area contributed by atoms with E-state index in [4.69, 9.17) is 18.9 Å². The van der Waals surface area contributed by atoms with E-state index in [0.29, 0.717) is 13.2 Å². The Morgan fingerprint density at radius 1 is 0.654 bits per heavy atom. The lowest BCUT2D eigenvalue weighted by atomic mass is 9.88. The highest BCUT2D eigenvalue weighted by molar-refractivity contribution is 5.31. The molecular formula is C22H28O4. The summed E-state index contributed by atoms with van der Waals surface area (Å²) in [4.78, 5) is 0. The van der Waals surface area contributed by atoms with Crippen LogP contribution in [-0.4, -0.2) is 25.4 Å². The van der Waals surface area contributed by atoms with Gasteiger partial charge in [-0.3, -0.25) is 0 Å². The highest BCUT2D eigenvalue weighted by Gasteiger charge is 2.62. The first kappa shape index (κ1) is 19.1. The van der Waals surface area contributed by atoms with E-state index in [1.54, 1.807) is 0 Å². The number of benzene rings is 2. The van der Waals surface area contributed by atoms with Gasteiger partial charge < -0.3 is 18.9 Å². The van der Waals surface area contributed by atoms with Crippen LogP contribution in [0.15, 0.2) is 60.7 Å². The summed E-state index contributed by atoms with van der Waals surface area (Å²) in [5.74, 6) is -2.40. The van der Waals surface area contributed by atoms with E-state index in [2.05, 4.69) is 0 Å². The summed E-state index contributed by atoms with van der Waals surface area (Å²) in [5.41, 5.74) is 1.75. The van der Waals surface area contributed by atoms with Crippen LogP contribution in [0.3, 0.4) is 0 Å². The molecule has 4 heteroatoms. The Hall–Kier alpha value is -1.72. The Morgan fingerprint density at radius 3 is 1.31 bits per heavy atom. The highest BCUT2D eigenvalue weighted by atomic mass is 16.8. The van der Waals surface area contributed by atoms with Crippen molar-refractivity contribution >= 4 is 0 Å². The SMILES string of the molecule is CC(C)O[C@]1(c2ccccc2)OCCO[C@]1(OC(C)C)c1ccccc1. The average Bonchev–Trinajstić information content (AvgIpc) is 2.64. The van der Waals surface area contributed by atoms with Crippen LogP contribution >= 0.6 is 0 Å². The van der Waals surface area contributed by atoms with Crippen molar-refractivity contribution in [1.29, 1.82) is 0 Å². The van der Waals surface area contributed by atoms with Gasteiger partial charge in [-0.1, -0.05) is 60.7 Å². The molecule has 0 spiro atoms. The first-order chi connectivity index (χ1) is 12.5.